The van der Waals surface area contributed by atoms with E-state index in [1.165, 1.54) is 0 Å². The summed E-state index contributed by atoms with van der Waals surface area (Å²) in [5, 5.41) is 0. The van der Waals surface area contributed by atoms with Gasteiger partial charge in [-0.2, -0.15) is 0 Å². The van der Waals surface area contributed by atoms with Gasteiger partial charge in [-0.1, -0.05) is 12.1 Å². The molecule has 1 atom stereocenters. The Balaban J connectivity index is 1.57. The Morgan fingerprint density at radius 3 is 2.64 bits per heavy atom. The lowest BCUT2D eigenvalue weighted by molar-refractivity contribution is -0.129. The van der Waals surface area contributed by atoms with Crippen molar-refractivity contribution >= 4 is 16.9 Å². The number of ether oxygens (including phenoxy) is 2. The van der Waals surface area contributed by atoms with Crippen LogP contribution in [-0.4, -0.2) is 40.6 Å². The van der Waals surface area contributed by atoms with Crippen molar-refractivity contribution in [2.24, 2.45) is 0 Å². The van der Waals surface area contributed by atoms with Crippen molar-refractivity contribution in [2.45, 2.75) is 32.4 Å². The summed E-state index contributed by atoms with van der Waals surface area (Å²) in [6.45, 7) is 3.63. The van der Waals surface area contributed by atoms with Crippen molar-refractivity contribution < 1.29 is 14.3 Å². The van der Waals surface area contributed by atoms with Gasteiger partial charge in [0.25, 0.3) is 0 Å². The molecule has 0 spiro atoms. The first-order valence-corrected chi connectivity index (χ1v) is 9.66. The summed E-state index contributed by atoms with van der Waals surface area (Å²) in [5.74, 6) is 2.67. The highest BCUT2D eigenvalue weighted by Crippen LogP contribution is 2.33. The van der Waals surface area contributed by atoms with Crippen LogP contribution in [-0.2, 0) is 11.3 Å². The molecule has 1 unspecified atom stereocenters. The van der Waals surface area contributed by atoms with E-state index in [2.05, 4.69) is 10.6 Å². The van der Waals surface area contributed by atoms with Crippen LogP contribution < -0.4 is 9.47 Å². The minimum atomic E-state index is 0.0332. The molecule has 1 aromatic heterocycles. The van der Waals surface area contributed by atoms with Crippen LogP contribution in [0.2, 0.25) is 0 Å². The van der Waals surface area contributed by atoms with Crippen LogP contribution in [0.3, 0.4) is 0 Å². The lowest BCUT2D eigenvalue weighted by Crippen LogP contribution is -2.30. The number of methoxy groups -OCH3 is 1. The second-order valence-corrected chi connectivity index (χ2v) is 7.00. The first-order valence-electron chi connectivity index (χ1n) is 9.66. The van der Waals surface area contributed by atoms with E-state index >= 15 is 0 Å². The number of hydrogen-bond donors (Lipinski definition) is 0. The molecule has 2 heterocycles. The van der Waals surface area contributed by atoms with Crippen molar-refractivity contribution in [2.75, 3.05) is 20.3 Å². The number of likely N-dealkylation sites (tertiary alicyclic amines) is 1. The van der Waals surface area contributed by atoms with E-state index in [0.29, 0.717) is 13.2 Å². The van der Waals surface area contributed by atoms with Crippen molar-refractivity contribution in [3.05, 3.63) is 54.4 Å². The minimum Gasteiger partial charge on any atom is -0.497 e. The number of rotatable bonds is 6. The fraction of sp³-hybridized carbons (Fsp3) is 0.364. The van der Waals surface area contributed by atoms with E-state index in [1.54, 1.807) is 14.0 Å². The summed E-state index contributed by atoms with van der Waals surface area (Å²) < 4.78 is 13.3. The minimum absolute atomic E-state index is 0.0332. The molecule has 1 fully saturated rings. The van der Waals surface area contributed by atoms with Crippen LogP contribution in [0.5, 0.6) is 11.5 Å². The highest BCUT2D eigenvalue weighted by Gasteiger charge is 2.32. The monoisotopic (exact) mass is 379 g/mol. The standard InChI is InChI=1S/C22H25N3O3/c1-16(26)24-13-5-8-21(24)22-23-19-6-3-4-7-20(19)25(22)14-15-28-18-11-9-17(27-2)10-12-18/h3-4,6-7,9-12,21H,5,8,13-15H2,1-2H3. The van der Waals surface area contributed by atoms with Gasteiger partial charge in [-0.15, -0.1) is 0 Å². The summed E-state index contributed by atoms with van der Waals surface area (Å²) in [5.41, 5.74) is 2.03. The van der Waals surface area contributed by atoms with Gasteiger partial charge < -0.3 is 18.9 Å². The smallest absolute Gasteiger partial charge is 0.220 e. The first kappa shape index (κ1) is 18.3. The van der Waals surface area contributed by atoms with E-state index in [1.807, 2.05) is 47.4 Å². The molecule has 1 amide bonds. The number of carbonyl (C=O) groups is 1. The Bertz CT molecular complexity index is 965. The Hall–Kier alpha value is -3.02. The Morgan fingerprint density at radius 2 is 1.89 bits per heavy atom. The van der Waals surface area contributed by atoms with Crippen molar-refractivity contribution in [1.82, 2.24) is 14.5 Å². The van der Waals surface area contributed by atoms with E-state index < -0.39 is 0 Å². The zero-order chi connectivity index (χ0) is 19.5. The summed E-state index contributed by atoms with van der Waals surface area (Å²) in [6.07, 6.45) is 1.96. The molecule has 3 aromatic rings. The number of benzene rings is 2. The van der Waals surface area contributed by atoms with Crippen molar-refractivity contribution in [3.63, 3.8) is 0 Å². The number of amides is 1. The third kappa shape index (κ3) is 3.54. The fourth-order valence-electron chi connectivity index (χ4n) is 3.92. The fourth-order valence-corrected chi connectivity index (χ4v) is 3.92. The highest BCUT2D eigenvalue weighted by atomic mass is 16.5. The quantitative estimate of drug-likeness (QED) is 0.654. The van der Waals surface area contributed by atoms with Gasteiger partial charge in [-0.25, -0.2) is 4.98 Å². The molecule has 4 rings (SSSR count). The molecule has 6 nitrogen and oxygen atoms in total. The molecule has 0 aliphatic carbocycles. The van der Waals surface area contributed by atoms with Crippen LogP contribution in [0.4, 0.5) is 0 Å². The van der Waals surface area contributed by atoms with Crippen LogP contribution in [0.1, 0.15) is 31.6 Å². The lowest BCUT2D eigenvalue weighted by Gasteiger charge is -2.24. The third-order valence-corrected chi connectivity index (χ3v) is 5.28. The largest absolute Gasteiger partial charge is 0.497 e. The summed E-state index contributed by atoms with van der Waals surface area (Å²) in [7, 11) is 1.65. The van der Waals surface area contributed by atoms with Gasteiger partial charge in [-0.05, 0) is 49.2 Å². The van der Waals surface area contributed by atoms with Gasteiger partial charge in [0.15, 0.2) is 0 Å². The molecule has 1 aliphatic rings. The molecule has 0 bridgehead atoms. The summed E-state index contributed by atoms with van der Waals surface area (Å²) in [4.78, 5) is 18.9. The molecular weight excluding hydrogens is 354 g/mol. The number of fused-ring (bicyclic) bond motifs is 1. The Morgan fingerprint density at radius 1 is 1.14 bits per heavy atom. The topological polar surface area (TPSA) is 56.6 Å². The van der Waals surface area contributed by atoms with E-state index in [0.717, 1.165) is 47.7 Å². The normalized spacial score (nSPS) is 16.5. The average Bonchev–Trinajstić information content (AvgIpc) is 3.33. The lowest BCUT2D eigenvalue weighted by atomic mass is 10.2. The molecule has 6 heteroatoms. The highest BCUT2D eigenvalue weighted by molar-refractivity contribution is 5.77. The van der Waals surface area contributed by atoms with E-state index in [-0.39, 0.29) is 11.9 Å². The Labute approximate surface area is 164 Å². The molecule has 1 saturated heterocycles. The van der Waals surface area contributed by atoms with Crippen LogP contribution in [0.15, 0.2) is 48.5 Å². The molecule has 2 aromatic carbocycles. The molecule has 146 valence electrons. The Kier molecular flexibility index (Phi) is 5.19. The zero-order valence-corrected chi connectivity index (χ0v) is 16.3. The number of aromatic nitrogens is 2. The molecular formula is C22H25N3O3. The molecule has 0 saturated carbocycles. The second kappa shape index (κ2) is 7.92. The third-order valence-electron chi connectivity index (χ3n) is 5.28. The van der Waals surface area contributed by atoms with Gasteiger partial charge >= 0.3 is 0 Å². The maximum absolute atomic E-state index is 12.1. The predicted octanol–water partition coefficient (Wildman–Crippen LogP) is 3.81. The van der Waals surface area contributed by atoms with Crippen LogP contribution >= 0.6 is 0 Å². The van der Waals surface area contributed by atoms with E-state index in [4.69, 9.17) is 14.5 Å². The predicted molar refractivity (Wildman–Crippen MR) is 108 cm³/mol. The number of nitrogens with zero attached hydrogens (tertiary/aromatic N) is 3. The van der Waals surface area contributed by atoms with Gasteiger partial charge in [0.05, 0.1) is 30.7 Å². The molecule has 28 heavy (non-hydrogen) atoms. The SMILES string of the molecule is COc1ccc(OCCn2c(C3CCCN3C(C)=O)nc3ccccc32)cc1. The van der Waals surface area contributed by atoms with Gasteiger partial charge in [0.1, 0.15) is 23.9 Å². The first-order chi connectivity index (χ1) is 13.7. The summed E-state index contributed by atoms with van der Waals surface area (Å²) in [6, 6.07) is 15.7. The van der Waals surface area contributed by atoms with Gasteiger partial charge in [0, 0.05) is 13.5 Å². The number of imidazole rings is 1. The summed E-state index contributed by atoms with van der Waals surface area (Å²) >= 11 is 0. The number of carbonyl (C=O) groups excluding carboxylic acids is 1. The maximum atomic E-state index is 12.1. The second-order valence-electron chi connectivity index (χ2n) is 7.00. The van der Waals surface area contributed by atoms with Gasteiger partial charge in [0.2, 0.25) is 5.91 Å². The van der Waals surface area contributed by atoms with E-state index in [9.17, 15) is 4.79 Å². The zero-order valence-electron chi connectivity index (χ0n) is 16.3. The van der Waals surface area contributed by atoms with Crippen molar-refractivity contribution in [1.29, 1.82) is 0 Å². The van der Waals surface area contributed by atoms with Crippen molar-refractivity contribution in [3.8, 4) is 11.5 Å². The molecule has 1 aliphatic heterocycles. The number of hydrogen-bond acceptors (Lipinski definition) is 4. The maximum Gasteiger partial charge on any atom is 0.220 e. The van der Waals surface area contributed by atoms with Crippen LogP contribution in [0.25, 0.3) is 11.0 Å². The average molecular weight is 379 g/mol. The number of para-hydroxylation sites is 2. The molecule has 0 radical (unpaired) electrons. The van der Waals surface area contributed by atoms with Crippen LogP contribution in [0, 0.1) is 0 Å². The molecule has 0 N–H and O–H groups in total. The van der Waals surface area contributed by atoms with Gasteiger partial charge in [-0.3, -0.25) is 4.79 Å².